The SMILES string of the molecule is CC(C)Cc1ccc(C(C)C(=O)SCCN(C)C)cc1. The summed E-state index contributed by atoms with van der Waals surface area (Å²) in [4.78, 5) is 14.2. The first-order valence-corrected chi connectivity index (χ1v) is 8.29. The summed E-state index contributed by atoms with van der Waals surface area (Å²) in [6.45, 7) is 7.39. The Kier molecular flexibility index (Phi) is 7.31. The number of carbonyl (C=O) groups excluding carboxylic acids is 1. The monoisotopic (exact) mass is 293 g/mol. The van der Waals surface area contributed by atoms with Crippen molar-refractivity contribution in [3.63, 3.8) is 0 Å². The summed E-state index contributed by atoms with van der Waals surface area (Å²) in [6.07, 6.45) is 1.10. The zero-order chi connectivity index (χ0) is 15.1. The normalized spacial score (nSPS) is 12.9. The minimum absolute atomic E-state index is 0.0183. The van der Waals surface area contributed by atoms with E-state index >= 15 is 0 Å². The molecule has 1 unspecified atom stereocenters. The first-order chi connectivity index (χ1) is 9.40. The van der Waals surface area contributed by atoms with E-state index in [1.54, 1.807) is 0 Å². The van der Waals surface area contributed by atoms with Crippen molar-refractivity contribution in [1.82, 2.24) is 4.90 Å². The third-order valence-electron chi connectivity index (χ3n) is 3.26. The molecule has 0 aromatic heterocycles. The van der Waals surface area contributed by atoms with Crippen LogP contribution in [0.4, 0.5) is 0 Å². The van der Waals surface area contributed by atoms with Crippen molar-refractivity contribution in [3.05, 3.63) is 35.4 Å². The van der Waals surface area contributed by atoms with E-state index < -0.39 is 0 Å². The molecule has 0 aliphatic carbocycles. The fraction of sp³-hybridized carbons (Fsp3) is 0.588. The molecule has 1 rings (SSSR count). The Morgan fingerprint density at radius 1 is 1.15 bits per heavy atom. The van der Waals surface area contributed by atoms with Gasteiger partial charge in [-0.15, -0.1) is 0 Å². The lowest BCUT2D eigenvalue weighted by atomic mass is 9.97. The van der Waals surface area contributed by atoms with Crippen LogP contribution in [-0.4, -0.2) is 36.4 Å². The highest BCUT2D eigenvalue weighted by Gasteiger charge is 2.15. The Labute approximate surface area is 127 Å². The van der Waals surface area contributed by atoms with Crippen molar-refractivity contribution >= 4 is 16.9 Å². The second-order valence-corrected chi connectivity index (χ2v) is 7.13. The van der Waals surface area contributed by atoms with E-state index in [-0.39, 0.29) is 11.0 Å². The van der Waals surface area contributed by atoms with Crippen molar-refractivity contribution < 1.29 is 4.79 Å². The molecule has 0 N–H and O–H groups in total. The van der Waals surface area contributed by atoms with Gasteiger partial charge >= 0.3 is 0 Å². The van der Waals surface area contributed by atoms with Gasteiger partial charge in [0.2, 0.25) is 0 Å². The number of rotatable bonds is 7. The Morgan fingerprint density at radius 2 is 1.75 bits per heavy atom. The molecule has 0 fully saturated rings. The molecule has 0 saturated carbocycles. The minimum atomic E-state index is -0.0183. The van der Waals surface area contributed by atoms with Crippen LogP contribution in [0.15, 0.2) is 24.3 Å². The van der Waals surface area contributed by atoms with Crippen LogP contribution in [0, 0.1) is 5.92 Å². The standard InChI is InChI=1S/C17H27NOS/c1-13(2)12-15-6-8-16(9-7-15)14(3)17(19)20-11-10-18(4)5/h6-9,13-14H,10-12H2,1-5H3. The second-order valence-electron chi connectivity index (χ2n) is 6.03. The molecule has 2 nitrogen and oxygen atoms in total. The lowest BCUT2D eigenvalue weighted by molar-refractivity contribution is -0.111. The molecule has 0 radical (unpaired) electrons. The summed E-state index contributed by atoms with van der Waals surface area (Å²) in [5.41, 5.74) is 2.48. The number of thioether (sulfide) groups is 1. The van der Waals surface area contributed by atoms with Gasteiger partial charge in [-0.05, 0) is 37.6 Å². The Balaban J connectivity index is 2.53. The van der Waals surface area contributed by atoms with Gasteiger partial charge in [-0.3, -0.25) is 4.79 Å². The maximum absolute atomic E-state index is 12.1. The second kappa shape index (κ2) is 8.48. The molecule has 0 heterocycles. The topological polar surface area (TPSA) is 20.3 Å². The number of benzene rings is 1. The van der Waals surface area contributed by atoms with Crippen LogP contribution in [0.1, 0.15) is 37.8 Å². The maximum Gasteiger partial charge on any atom is 0.196 e. The van der Waals surface area contributed by atoms with E-state index in [0.717, 1.165) is 24.3 Å². The maximum atomic E-state index is 12.1. The van der Waals surface area contributed by atoms with Gasteiger partial charge in [-0.1, -0.05) is 56.8 Å². The van der Waals surface area contributed by atoms with Crippen molar-refractivity contribution in [2.75, 3.05) is 26.4 Å². The lowest BCUT2D eigenvalue weighted by Gasteiger charge is -2.13. The summed E-state index contributed by atoms with van der Waals surface area (Å²) >= 11 is 1.44. The van der Waals surface area contributed by atoms with E-state index in [1.165, 1.54) is 17.3 Å². The van der Waals surface area contributed by atoms with Crippen LogP contribution < -0.4 is 0 Å². The van der Waals surface area contributed by atoms with E-state index in [1.807, 2.05) is 21.0 Å². The molecule has 0 aliphatic heterocycles. The van der Waals surface area contributed by atoms with Gasteiger partial charge < -0.3 is 4.90 Å². The number of carbonyl (C=O) groups is 1. The fourth-order valence-electron chi connectivity index (χ4n) is 2.00. The number of hydrogen-bond donors (Lipinski definition) is 0. The van der Waals surface area contributed by atoms with Crippen LogP contribution >= 0.6 is 11.8 Å². The molecule has 1 aromatic carbocycles. The average Bonchev–Trinajstić information content (AvgIpc) is 2.37. The molecule has 1 aromatic rings. The minimum Gasteiger partial charge on any atom is -0.309 e. The molecule has 0 aliphatic rings. The summed E-state index contributed by atoms with van der Waals surface area (Å²) in [6, 6.07) is 8.52. The predicted molar refractivity (Wildman–Crippen MR) is 89.4 cm³/mol. The summed E-state index contributed by atoms with van der Waals surface area (Å²) in [5, 5.41) is 0.267. The number of hydrogen-bond acceptors (Lipinski definition) is 3. The third kappa shape index (κ3) is 6.10. The number of nitrogens with zero attached hydrogens (tertiary/aromatic N) is 1. The predicted octanol–water partition coefficient (Wildman–Crippen LogP) is 3.81. The zero-order valence-electron chi connectivity index (χ0n) is 13.3. The first-order valence-electron chi connectivity index (χ1n) is 7.30. The van der Waals surface area contributed by atoms with Gasteiger partial charge in [0.05, 0.1) is 5.92 Å². The molecule has 3 heteroatoms. The highest BCUT2D eigenvalue weighted by Crippen LogP contribution is 2.23. The lowest BCUT2D eigenvalue weighted by Crippen LogP contribution is -2.16. The quantitative estimate of drug-likeness (QED) is 0.762. The van der Waals surface area contributed by atoms with Gasteiger partial charge in [-0.2, -0.15) is 0 Å². The molecule has 112 valence electrons. The van der Waals surface area contributed by atoms with E-state index in [0.29, 0.717) is 5.92 Å². The van der Waals surface area contributed by atoms with Crippen molar-refractivity contribution in [2.45, 2.75) is 33.1 Å². The fourth-order valence-corrected chi connectivity index (χ4v) is 3.05. The summed E-state index contributed by atoms with van der Waals surface area (Å²) in [7, 11) is 4.06. The van der Waals surface area contributed by atoms with Crippen molar-refractivity contribution in [3.8, 4) is 0 Å². The van der Waals surface area contributed by atoms with E-state index in [2.05, 4.69) is 43.0 Å². The largest absolute Gasteiger partial charge is 0.309 e. The molecular weight excluding hydrogens is 266 g/mol. The van der Waals surface area contributed by atoms with E-state index in [9.17, 15) is 4.79 Å². The summed E-state index contributed by atoms with van der Waals surface area (Å²) < 4.78 is 0. The molecular formula is C17H27NOS. The van der Waals surface area contributed by atoms with Crippen molar-refractivity contribution in [2.24, 2.45) is 5.92 Å². The van der Waals surface area contributed by atoms with Crippen LogP contribution in [0.3, 0.4) is 0 Å². The van der Waals surface area contributed by atoms with Crippen LogP contribution in [0.5, 0.6) is 0 Å². The van der Waals surface area contributed by atoms with Crippen LogP contribution in [0.2, 0.25) is 0 Å². The van der Waals surface area contributed by atoms with Crippen molar-refractivity contribution in [1.29, 1.82) is 0 Å². The molecule has 20 heavy (non-hydrogen) atoms. The average molecular weight is 293 g/mol. The third-order valence-corrected chi connectivity index (χ3v) is 4.28. The Hall–Kier alpha value is -0.800. The molecule has 1 atom stereocenters. The van der Waals surface area contributed by atoms with Gasteiger partial charge in [0.15, 0.2) is 5.12 Å². The molecule has 0 saturated heterocycles. The van der Waals surface area contributed by atoms with E-state index in [4.69, 9.17) is 0 Å². The smallest absolute Gasteiger partial charge is 0.196 e. The first kappa shape index (κ1) is 17.3. The van der Waals surface area contributed by atoms with Gasteiger partial charge in [0.1, 0.15) is 0 Å². The molecule has 0 bridgehead atoms. The molecule has 0 amide bonds. The Bertz CT molecular complexity index is 412. The highest BCUT2D eigenvalue weighted by atomic mass is 32.2. The van der Waals surface area contributed by atoms with Crippen LogP contribution in [-0.2, 0) is 11.2 Å². The molecule has 0 spiro atoms. The van der Waals surface area contributed by atoms with Gasteiger partial charge in [0.25, 0.3) is 0 Å². The Morgan fingerprint density at radius 3 is 2.25 bits per heavy atom. The van der Waals surface area contributed by atoms with Gasteiger partial charge in [0, 0.05) is 12.3 Å². The highest BCUT2D eigenvalue weighted by molar-refractivity contribution is 8.13. The zero-order valence-corrected chi connectivity index (χ0v) is 14.2. The van der Waals surface area contributed by atoms with Gasteiger partial charge in [-0.25, -0.2) is 0 Å². The van der Waals surface area contributed by atoms with Crippen LogP contribution in [0.25, 0.3) is 0 Å². The summed E-state index contributed by atoms with van der Waals surface area (Å²) in [5.74, 6) is 1.51.